The SMILES string of the molecule is C/C=C/CC(NC(=O)C1CCCO1)C(=O)O. The summed E-state index contributed by atoms with van der Waals surface area (Å²) in [6.07, 6.45) is 4.81. The van der Waals surface area contributed by atoms with Gasteiger partial charge in [-0.2, -0.15) is 0 Å². The Bertz CT molecular complexity index is 282. The molecular formula is C11H17NO4. The van der Waals surface area contributed by atoms with Gasteiger partial charge in [-0.1, -0.05) is 12.2 Å². The Kier molecular flexibility index (Phi) is 4.98. The molecule has 5 nitrogen and oxygen atoms in total. The molecule has 2 atom stereocenters. The number of carbonyl (C=O) groups excluding carboxylic acids is 1. The molecule has 0 saturated carbocycles. The summed E-state index contributed by atoms with van der Waals surface area (Å²) >= 11 is 0. The van der Waals surface area contributed by atoms with Crippen molar-refractivity contribution in [2.45, 2.75) is 38.3 Å². The number of carboxylic acids is 1. The molecule has 5 heteroatoms. The maximum absolute atomic E-state index is 11.6. The number of aliphatic carboxylic acids is 1. The van der Waals surface area contributed by atoms with Gasteiger partial charge < -0.3 is 15.2 Å². The van der Waals surface area contributed by atoms with Crippen molar-refractivity contribution >= 4 is 11.9 Å². The van der Waals surface area contributed by atoms with E-state index in [2.05, 4.69) is 5.32 Å². The number of nitrogens with one attached hydrogen (secondary N) is 1. The van der Waals surface area contributed by atoms with E-state index in [1.807, 2.05) is 0 Å². The van der Waals surface area contributed by atoms with E-state index in [9.17, 15) is 9.59 Å². The number of allylic oxidation sites excluding steroid dienone is 1. The molecule has 0 bridgehead atoms. The molecule has 2 N–H and O–H groups in total. The van der Waals surface area contributed by atoms with Crippen LogP contribution in [-0.2, 0) is 14.3 Å². The van der Waals surface area contributed by atoms with E-state index in [1.165, 1.54) is 0 Å². The fraction of sp³-hybridized carbons (Fsp3) is 0.636. The smallest absolute Gasteiger partial charge is 0.326 e. The van der Waals surface area contributed by atoms with E-state index < -0.39 is 18.1 Å². The maximum Gasteiger partial charge on any atom is 0.326 e. The minimum Gasteiger partial charge on any atom is -0.480 e. The Morgan fingerprint density at radius 2 is 2.38 bits per heavy atom. The second kappa shape index (κ2) is 6.27. The number of ether oxygens (including phenoxy) is 1. The molecular weight excluding hydrogens is 210 g/mol. The van der Waals surface area contributed by atoms with Crippen LogP contribution in [0.4, 0.5) is 0 Å². The first-order chi connectivity index (χ1) is 7.65. The van der Waals surface area contributed by atoms with Crippen molar-refractivity contribution in [3.05, 3.63) is 12.2 Å². The van der Waals surface area contributed by atoms with Crippen molar-refractivity contribution in [1.29, 1.82) is 0 Å². The number of carboxylic acid groups (broad SMARTS) is 1. The van der Waals surface area contributed by atoms with Crippen LogP contribution in [0.15, 0.2) is 12.2 Å². The summed E-state index contributed by atoms with van der Waals surface area (Å²) in [5.41, 5.74) is 0. The summed E-state index contributed by atoms with van der Waals surface area (Å²) in [6, 6.07) is -0.868. The van der Waals surface area contributed by atoms with Gasteiger partial charge in [-0.15, -0.1) is 0 Å². The Balaban J connectivity index is 2.46. The fourth-order valence-electron chi connectivity index (χ4n) is 1.54. The first-order valence-corrected chi connectivity index (χ1v) is 5.41. The first kappa shape index (κ1) is 12.7. The fourth-order valence-corrected chi connectivity index (χ4v) is 1.54. The monoisotopic (exact) mass is 227 g/mol. The van der Waals surface area contributed by atoms with Gasteiger partial charge in [-0.25, -0.2) is 4.79 Å². The van der Waals surface area contributed by atoms with Gasteiger partial charge in [0.25, 0.3) is 0 Å². The van der Waals surface area contributed by atoms with Crippen molar-refractivity contribution in [2.24, 2.45) is 0 Å². The van der Waals surface area contributed by atoms with E-state index in [-0.39, 0.29) is 5.91 Å². The lowest BCUT2D eigenvalue weighted by atomic mass is 10.1. The van der Waals surface area contributed by atoms with Crippen LogP contribution in [0.5, 0.6) is 0 Å². The van der Waals surface area contributed by atoms with E-state index in [4.69, 9.17) is 9.84 Å². The van der Waals surface area contributed by atoms with Crippen molar-refractivity contribution in [2.75, 3.05) is 6.61 Å². The normalized spacial score (nSPS) is 22.2. The second-order valence-corrected chi connectivity index (χ2v) is 3.71. The number of rotatable bonds is 5. The molecule has 2 unspecified atom stereocenters. The third-order valence-corrected chi connectivity index (χ3v) is 2.44. The molecule has 1 amide bonds. The van der Waals surface area contributed by atoms with Crippen LogP contribution in [0, 0.1) is 0 Å². The molecule has 0 spiro atoms. The van der Waals surface area contributed by atoms with Crippen molar-refractivity contribution in [3.63, 3.8) is 0 Å². The van der Waals surface area contributed by atoms with Crippen LogP contribution in [-0.4, -0.2) is 35.7 Å². The predicted octanol–water partition coefficient (Wildman–Crippen LogP) is 0.701. The highest BCUT2D eigenvalue weighted by Gasteiger charge is 2.27. The van der Waals surface area contributed by atoms with Crippen molar-refractivity contribution in [3.8, 4) is 0 Å². The van der Waals surface area contributed by atoms with Gasteiger partial charge in [0.2, 0.25) is 5.91 Å². The number of hydrogen-bond acceptors (Lipinski definition) is 3. The zero-order valence-corrected chi connectivity index (χ0v) is 9.31. The lowest BCUT2D eigenvalue weighted by molar-refractivity contribution is -0.143. The van der Waals surface area contributed by atoms with Crippen LogP contribution in [0.3, 0.4) is 0 Å². The summed E-state index contributed by atoms with van der Waals surface area (Å²) in [4.78, 5) is 22.5. The Morgan fingerprint density at radius 1 is 1.62 bits per heavy atom. The van der Waals surface area contributed by atoms with E-state index in [1.54, 1.807) is 19.1 Å². The lowest BCUT2D eigenvalue weighted by Gasteiger charge is -2.15. The summed E-state index contributed by atoms with van der Waals surface area (Å²) in [5.74, 6) is -1.35. The van der Waals surface area contributed by atoms with Gasteiger partial charge in [0, 0.05) is 6.61 Å². The van der Waals surface area contributed by atoms with Gasteiger partial charge >= 0.3 is 5.97 Å². The van der Waals surface area contributed by atoms with Crippen LogP contribution >= 0.6 is 0 Å². The molecule has 1 fully saturated rings. The molecule has 0 aromatic heterocycles. The van der Waals surface area contributed by atoms with Gasteiger partial charge in [-0.05, 0) is 26.2 Å². The van der Waals surface area contributed by atoms with Crippen LogP contribution in [0.25, 0.3) is 0 Å². The van der Waals surface area contributed by atoms with Gasteiger partial charge in [0.15, 0.2) is 0 Å². The molecule has 1 rings (SSSR count). The topological polar surface area (TPSA) is 75.6 Å². The minimum atomic E-state index is -1.02. The average molecular weight is 227 g/mol. The van der Waals surface area contributed by atoms with Crippen molar-refractivity contribution in [1.82, 2.24) is 5.32 Å². The lowest BCUT2D eigenvalue weighted by Crippen LogP contribution is -2.45. The second-order valence-electron chi connectivity index (χ2n) is 3.71. The highest BCUT2D eigenvalue weighted by Crippen LogP contribution is 2.12. The van der Waals surface area contributed by atoms with Crippen LogP contribution in [0.1, 0.15) is 26.2 Å². The summed E-state index contributed by atoms with van der Waals surface area (Å²) in [7, 11) is 0. The molecule has 16 heavy (non-hydrogen) atoms. The van der Waals surface area contributed by atoms with Gasteiger partial charge in [-0.3, -0.25) is 4.79 Å². The zero-order valence-electron chi connectivity index (χ0n) is 9.31. The Morgan fingerprint density at radius 3 is 2.88 bits per heavy atom. The molecule has 90 valence electrons. The molecule has 1 aliphatic rings. The summed E-state index contributed by atoms with van der Waals surface area (Å²) in [6.45, 7) is 2.38. The highest BCUT2D eigenvalue weighted by atomic mass is 16.5. The largest absolute Gasteiger partial charge is 0.480 e. The van der Waals surface area contributed by atoms with Crippen LogP contribution in [0.2, 0.25) is 0 Å². The predicted molar refractivity (Wildman–Crippen MR) is 58.0 cm³/mol. The average Bonchev–Trinajstić information content (AvgIpc) is 2.76. The van der Waals surface area contributed by atoms with E-state index in [0.29, 0.717) is 19.4 Å². The quantitative estimate of drug-likeness (QED) is 0.678. The standard InChI is InChI=1S/C11H17NO4/c1-2-3-5-8(11(14)15)12-10(13)9-6-4-7-16-9/h2-3,8-9H,4-7H2,1H3,(H,12,13)(H,14,15)/b3-2+. The van der Waals surface area contributed by atoms with Gasteiger partial charge in [0.05, 0.1) is 0 Å². The molecule has 0 aromatic rings. The minimum absolute atomic E-state index is 0.296. The number of carbonyl (C=O) groups is 2. The maximum atomic E-state index is 11.6. The van der Waals surface area contributed by atoms with Gasteiger partial charge in [0.1, 0.15) is 12.1 Å². The van der Waals surface area contributed by atoms with Crippen LogP contribution < -0.4 is 5.32 Å². The van der Waals surface area contributed by atoms with Crippen molar-refractivity contribution < 1.29 is 19.4 Å². The highest BCUT2D eigenvalue weighted by molar-refractivity contribution is 5.86. The third-order valence-electron chi connectivity index (χ3n) is 2.44. The molecule has 1 aliphatic heterocycles. The molecule has 0 aromatic carbocycles. The third kappa shape index (κ3) is 3.66. The number of hydrogen-bond donors (Lipinski definition) is 2. The Hall–Kier alpha value is -1.36. The zero-order chi connectivity index (χ0) is 12.0. The molecule has 0 aliphatic carbocycles. The summed E-state index contributed by atoms with van der Waals surface area (Å²) in [5, 5.41) is 11.4. The van der Waals surface area contributed by atoms with E-state index >= 15 is 0 Å². The Labute approximate surface area is 94.5 Å². The summed E-state index contributed by atoms with van der Waals surface area (Å²) < 4.78 is 5.18. The molecule has 1 saturated heterocycles. The number of amides is 1. The molecule has 1 heterocycles. The van der Waals surface area contributed by atoms with E-state index in [0.717, 1.165) is 6.42 Å². The molecule has 0 radical (unpaired) electrons. The first-order valence-electron chi connectivity index (χ1n) is 5.41.